The molecule has 0 bridgehead atoms. The van der Waals surface area contributed by atoms with Crippen molar-refractivity contribution in [3.8, 4) is 0 Å². The van der Waals surface area contributed by atoms with Crippen LogP contribution in [0.25, 0.3) is 0 Å². The fourth-order valence-corrected chi connectivity index (χ4v) is 1.90. The molecule has 1 atom stereocenters. The predicted octanol–water partition coefficient (Wildman–Crippen LogP) is 1.07. The summed E-state index contributed by atoms with van der Waals surface area (Å²) in [4.78, 5) is 19.3. The Hall–Kier alpha value is -1.20. The van der Waals surface area contributed by atoms with E-state index >= 15 is 0 Å². The Morgan fingerprint density at radius 2 is 2.56 bits per heavy atom. The molecule has 0 spiro atoms. The summed E-state index contributed by atoms with van der Waals surface area (Å²) in [5.74, 6) is 0.858. The topological polar surface area (TPSA) is 66.9 Å². The number of rotatable bonds is 3. The highest BCUT2D eigenvalue weighted by molar-refractivity contribution is 6.28. The maximum absolute atomic E-state index is 11.6. The third kappa shape index (κ3) is 3.15. The highest BCUT2D eigenvalue weighted by Gasteiger charge is 2.18. The summed E-state index contributed by atoms with van der Waals surface area (Å²) in [6, 6.07) is 1.62. The molecule has 1 aliphatic rings. The fourth-order valence-electron chi connectivity index (χ4n) is 1.75. The Bertz CT molecular complexity index is 379. The van der Waals surface area contributed by atoms with Crippen molar-refractivity contribution in [2.24, 2.45) is 5.92 Å². The maximum atomic E-state index is 11.6. The van der Waals surface area contributed by atoms with E-state index in [0.29, 0.717) is 18.2 Å². The van der Waals surface area contributed by atoms with Crippen molar-refractivity contribution in [2.45, 2.75) is 12.8 Å². The summed E-state index contributed by atoms with van der Waals surface area (Å²) >= 11 is 5.62. The number of anilines is 1. The van der Waals surface area contributed by atoms with E-state index in [-0.39, 0.29) is 11.2 Å². The zero-order valence-electron chi connectivity index (χ0n) is 8.74. The van der Waals surface area contributed by atoms with Crippen LogP contribution in [0, 0.1) is 5.92 Å². The highest BCUT2D eigenvalue weighted by Crippen LogP contribution is 2.13. The summed E-state index contributed by atoms with van der Waals surface area (Å²) < 4.78 is 0. The van der Waals surface area contributed by atoms with Crippen molar-refractivity contribution in [1.29, 1.82) is 0 Å². The molecule has 0 aromatic carbocycles. The number of aromatic nitrogens is 2. The minimum atomic E-state index is -0.0246. The molecule has 0 aliphatic carbocycles. The predicted molar refractivity (Wildman–Crippen MR) is 61.3 cm³/mol. The second kappa shape index (κ2) is 5.23. The van der Waals surface area contributed by atoms with Gasteiger partial charge in [-0.15, -0.1) is 0 Å². The third-order valence-electron chi connectivity index (χ3n) is 2.53. The van der Waals surface area contributed by atoms with Crippen LogP contribution in [-0.2, 0) is 4.79 Å². The number of halogens is 1. The summed E-state index contributed by atoms with van der Waals surface area (Å²) in [5, 5.41) is 6.07. The van der Waals surface area contributed by atoms with Crippen molar-refractivity contribution < 1.29 is 4.79 Å². The van der Waals surface area contributed by atoms with Gasteiger partial charge in [0.2, 0.25) is 11.2 Å². The van der Waals surface area contributed by atoms with Crippen LogP contribution in [0.2, 0.25) is 5.28 Å². The van der Waals surface area contributed by atoms with Crippen LogP contribution >= 0.6 is 11.6 Å². The van der Waals surface area contributed by atoms with Gasteiger partial charge in [-0.3, -0.25) is 4.79 Å². The molecule has 86 valence electrons. The monoisotopic (exact) mass is 240 g/mol. The number of hydrogen-bond donors (Lipinski definition) is 2. The van der Waals surface area contributed by atoms with Crippen LogP contribution in [0.1, 0.15) is 12.8 Å². The number of hydrogen-bond acceptors (Lipinski definition) is 4. The molecule has 2 N–H and O–H groups in total. The quantitative estimate of drug-likeness (QED) is 0.776. The molecule has 1 aliphatic heterocycles. The number of carbonyl (C=O) groups excluding carboxylic acids is 1. The van der Waals surface area contributed by atoms with Gasteiger partial charge in [-0.1, -0.05) is 0 Å². The fraction of sp³-hybridized carbons (Fsp3) is 0.500. The van der Waals surface area contributed by atoms with Crippen LogP contribution < -0.4 is 10.6 Å². The number of nitrogens with one attached hydrogen (secondary N) is 2. The average Bonchev–Trinajstić information content (AvgIpc) is 2.70. The van der Waals surface area contributed by atoms with Crippen molar-refractivity contribution in [3.05, 3.63) is 17.5 Å². The lowest BCUT2D eigenvalue weighted by atomic mass is 10.0. The Balaban J connectivity index is 1.86. The van der Waals surface area contributed by atoms with Crippen molar-refractivity contribution in [1.82, 2.24) is 15.3 Å². The molecular weight excluding hydrogens is 228 g/mol. The average molecular weight is 241 g/mol. The van der Waals surface area contributed by atoms with E-state index in [2.05, 4.69) is 20.6 Å². The molecule has 1 aromatic rings. The van der Waals surface area contributed by atoms with Gasteiger partial charge in [0.05, 0.1) is 0 Å². The first-order valence-corrected chi connectivity index (χ1v) is 5.61. The Kier molecular flexibility index (Phi) is 3.69. The molecule has 0 saturated carbocycles. The normalized spacial score (nSPS) is 19.7. The molecule has 1 fully saturated rings. The molecule has 1 unspecified atom stereocenters. The van der Waals surface area contributed by atoms with Crippen LogP contribution in [0.15, 0.2) is 12.3 Å². The third-order valence-corrected chi connectivity index (χ3v) is 2.71. The first kappa shape index (κ1) is 11.3. The van der Waals surface area contributed by atoms with E-state index in [1.54, 1.807) is 6.07 Å². The van der Waals surface area contributed by atoms with Crippen LogP contribution in [0.5, 0.6) is 0 Å². The zero-order valence-corrected chi connectivity index (χ0v) is 9.50. The van der Waals surface area contributed by atoms with Gasteiger partial charge in [0.1, 0.15) is 5.82 Å². The van der Waals surface area contributed by atoms with Gasteiger partial charge < -0.3 is 10.6 Å². The largest absolute Gasteiger partial charge is 0.316 e. The standard InChI is InChI=1S/C10H13ClN4O/c11-10-13-4-2-8(15-10)14-9(16)5-7-1-3-12-6-7/h2,4,7,12H,1,3,5-6H2,(H,13,14,15,16). The highest BCUT2D eigenvalue weighted by atomic mass is 35.5. The number of amides is 1. The van der Waals surface area contributed by atoms with Crippen LogP contribution in [0.4, 0.5) is 5.82 Å². The second-order valence-corrected chi connectivity index (χ2v) is 4.16. The first-order chi connectivity index (χ1) is 7.74. The van der Waals surface area contributed by atoms with Gasteiger partial charge in [-0.05, 0) is 43.1 Å². The summed E-state index contributed by atoms with van der Waals surface area (Å²) in [5.41, 5.74) is 0. The van der Waals surface area contributed by atoms with E-state index in [9.17, 15) is 4.79 Å². The lowest BCUT2D eigenvalue weighted by molar-refractivity contribution is -0.117. The molecule has 1 aromatic heterocycles. The van der Waals surface area contributed by atoms with E-state index in [1.807, 2.05) is 0 Å². The molecule has 2 rings (SSSR count). The molecule has 2 heterocycles. The zero-order chi connectivity index (χ0) is 11.4. The minimum absolute atomic E-state index is 0.0246. The summed E-state index contributed by atoms with van der Waals surface area (Å²) in [7, 11) is 0. The lowest BCUT2D eigenvalue weighted by Crippen LogP contribution is -2.18. The van der Waals surface area contributed by atoms with Gasteiger partial charge in [0.25, 0.3) is 0 Å². The van der Waals surface area contributed by atoms with Crippen LogP contribution in [-0.4, -0.2) is 29.0 Å². The maximum Gasteiger partial charge on any atom is 0.225 e. The van der Waals surface area contributed by atoms with Crippen molar-refractivity contribution in [2.75, 3.05) is 18.4 Å². The van der Waals surface area contributed by atoms with E-state index in [0.717, 1.165) is 19.5 Å². The van der Waals surface area contributed by atoms with Gasteiger partial charge in [-0.25, -0.2) is 9.97 Å². The molecule has 6 heteroatoms. The first-order valence-electron chi connectivity index (χ1n) is 5.23. The van der Waals surface area contributed by atoms with E-state index in [1.165, 1.54) is 6.20 Å². The summed E-state index contributed by atoms with van der Waals surface area (Å²) in [6.45, 7) is 1.91. The molecule has 16 heavy (non-hydrogen) atoms. The van der Waals surface area contributed by atoms with Crippen LogP contribution in [0.3, 0.4) is 0 Å². The summed E-state index contributed by atoms with van der Waals surface area (Å²) in [6.07, 6.45) is 3.09. The van der Waals surface area contributed by atoms with Crippen molar-refractivity contribution in [3.63, 3.8) is 0 Å². The number of nitrogens with zero attached hydrogens (tertiary/aromatic N) is 2. The Morgan fingerprint density at radius 3 is 3.25 bits per heavy atom. The SMILES string of the molecule is O=C(CC1CCNC1)Nc1ccnc(Cl)n1. The smallest absolute Gasteiger partial charge is 0.225 e. The molecular formula is C10H13ClN4O. The second-order valence-electron chi connectivity index (χ2n) is 3.82. The minimum Gasteiger partial charge on any atom is -0.316 e. The Labute approximate surface area is 98.6 Å². The lowest BCUT2D eigenvalue weighted by Gasteiger charge is -2.08. The van der Waals surface area contributed by atoms with Crippen molar-refractivity contribution >= 4 is 23.3 Å². The molecule has 1 saturated heterocycles. The number of carbonyl (C=O) groups is 1. The Morgan fingerprint density at radius 1 is 1.69 bits per heavy atom. The molecule has 0 radical (unpaired) electrons. The van der Waals surface area contributed by atoms with Gasteiger partial charge in [-0.2, -0.15) is 0 Å². The van der Waals surface area contributed by atoms with Gasteiger partial charge >= 0.3 is 0 Å². The van der Waals surface area contributed by atoms with Gasteiger partial charge in [0.15, 0.2) is 0 Å². The molecule has 5 nitrogen and oxygen atoms in total. The molecule has 1 amide bonds. The van der Waals surface area contributed by atoms with E-state index < -0.39 is 0 Å². The van der Waals surface area contributed by atoms with E-state index in [4.69, 9.17) is 11.6 Å². The van der Waals surface area contributed by atoms with Gasteiger partial charge in [0, 0.05) is 12.6 Å².